The second-order valence-corrected chi connectivity index (χ2v) is 7.59. The Labute approximate surface area is 151 Å². The third-order valence-corrected chi connectivity index (χ3v) is 5.17. The zero-order chi connectivity index (χ0) is 18.2. The molecule has 3 rings (SSSR count). The molecule has 0 unspecified atom stereocenters. The van der Waals surface area contributed by atoms with E-state index in [4.69, 9.17) is 0 Å². The molecule has 0 aliphatic carbocycles. The maximum Gasteiger partial charge on any atom is 0.225 e. The van der Waals surface area contributed by atoms with Crippen LogP contribution in [0.1, 0.15) is 46.6 Å². The van der Waals surface area contributed by atoms with E-state index in [0.29, 0.717) is 0 Å². The molecule has 3 nitrogen and oxygen atoms in total. The second-order valence-electron chi connectivity index (χ2n) is 7.59. The van der Waals surface area contributed by atoms with E-state index in [9.17, 15) is 4.79 Å². The Morgan fingerprint density at radius 3 is 2.40 bits per heavy atom. The molecule has 0 fully saturated rings. The van der Waals surface area contributed by atoms with Gasteiger partial charge in [0.25, 0.3) is 0 Å². The molecular weight excluding hydrogens is 308 g/mol. The number of nitrogens with zero attached hydrogens (tertiary/aromatic N) is 2. The van der Waals surface area contributed by atoms with Crippen molar-refractivity contribution >= 4 is 11.6 Å². The minimum Gasteiger partial charge on any atom is -0.346 e. The van der Waals surface area contributed by atoms with Crippen molar-refractivity contribution in [3.05, 3.63) is 65.4 Å². The van der Waals surface area contributed by atoms with Crippen molar-refractivity contribution in [3.8, 4) is 0 Å². The van der Waals surface area contributed by atoms with Crippen LogP contribution in [0.15, 0.2) is 59.8 Å². The first kappa shape index (κ1) is 17.5. The predicted octanol–water partition coefficient (Wildman–Crippen LogP) is 4.77. The standard InChI is InChI=1S/C22H28N2O/c1-16(2)10-12-22-13-15-23(18(5)25)21(22)24(14-11-17(3)4)20-9-7-6-8-19(20)22/h6-11,13,15,21H,12,14H2,1-5H3/t21-,22+/m1/s1. The fourth-order valence-electron chi connectivity index (χ4n) is 3.95. The number of anilines is 1. The van der Waals surface area contributed by atoms with Crippen molar-refractivity contribution in [2.24, 2.45) is 0 Å². The number of carbonyl (C=O) groups excluding carboxylic acids is 1. The van der Waals surface area contributed by atoms with Gasteiger partial charge in [0.05, 0.1) is 5.41 Å². The highest BCUT2D eigenvalue weighted by Gasteiger charge is 2.54. The van der Waals surface area contributed by atoms with Crippen LogP contribution in [0.4, 0.5) is 5.69 Å². The lowest BCUT2D eigenvalue weighted by molar-refractivity contribution is -0.128. The SMILES string of the molecule is CC(=O)N1C=C[C@@]2(CC=C(C)C)c3ccccc3N(CC=C(C)C)[C@@H]12. The molecule has 1 aromatic carbocycles. The topological polar surface area (TPSA) is 23.6 Å². The monoisotopic (exact) mass is 336 g/mol. The maximum absolute atomic E-state index is 12.3. The van der Waals surface area contributed by atoms with Gasteiger partial charge in [-0.25, -0.2) is 0 Å². The number of para-hydroxylation sites is 1. The normalized spacial score (nSPS) is 23.3. The number of allylic oxidation sites excluding steroid dienone is 3. The molecule has 0 aromatic heterocycles. The number of rotatable bonds is 4. The first-order valence-corrected chi connectivity index (χ1v) is 8.98. The van der Waals surface area contributed by atoms with E-state index in [1.807, 2.05) is 11.1 Å². The van der Waals surface area contributed by atoms with Crippen molar-refractivity contribution in [1.29, 1.82) is 0 Å². The van der Waals surface area contributed by atoms with Gasteiger partial charge in [-0.3, -0.25) is 9.69 Å². The van der Waals surface area contributed by atoms with Gasteiger partial charge in [0.2, 0.25) is 5.91 Å². The predicted molar refractivity (Wildman–Crippen MR) is 104 cm³/mol. The summed E-state index contributed by atoms with van der Waals surface area (Å²) in [5.41, 5.74) is 4.99. The molecule has 0 radical (unpaired) electrons. The van der Waals surface area contributed by atoms with Crippen molar-refractivity contribution in [2.45, 2.75) is 52.6 Å². The van der Waals surface area contributed by atoms with Crippen LogP contribution in [-0.2, 0) is 10.2 Å². The van der Waals surface area contributed by atoms with Gasteiger partial charge in [0.1, 0.15) is 6.17 Å². The lowest BCUT2D eigenvalue weighted by Crippen LogP contribution is -2.51. The van der Waals surface area contributed by atoms with Crippen LogP contribution in [-0.4, -0.2) is 23.5 Å². The van der Waals surface area contributed by atoms with Gasteiger partial charge in [-0.1, -0.05) is 47.6 Å². The zero-order valence-electron chi connectivity index (χ0n) is 15.9. The Kier molecular flexibility index (Phi) is 4.59. The Morgan fingerprint density at radius 2 is 1.76 bits per heavy atom. The Bertz CT molecular complexity index is 766. The highest BCUT2D eigenvalue weighted by atomic mass is 16.2. The molecular formula is C22H28N2O. The summed E-state index contributed by atoms with van der Waals surface area (Å²) >= 11 is 0. The first-order chi connectivity index (χ1) is 11.9. The van der Waals surface area contributed by atoms with Crippen LogP contribution in [0.5, 0.6) is 0 Å². The molecule has 1 amide bonds. The van der Waals surface area contributed by atoms with E-state index < -0.39 is 0 Å². The summed E-state index contributed by atoms with van der Waals surface area (Å²) in [7, 11) is 0. The van der Waals surface area contributed by atoms with E-state index in [1.165, 1.54) is 22.4 Å². The van der Waals surface area contributed by atoms with Crippen LogP contribution in [0.3, 0.4) is 0 Å². The molecule has 0 saturated heterocycles. The van der Waals surface area contributed by atoms with E-state index in [-0.39, 0.29) is 17.5 Å². The summed E-state index contributed by atoms with van der Waals surface area (Å²) in [5, 5.41) is 0. The van der Waals surface area contributed by atoms with E-state index >= 15 is 0 Å². The number of amides is 1. The Hall–Kier alpha value is -2.29. The first-order valence-electron chi connectivity index (χ1n) is 8.98. The zero-order valence-corrected chi connectivity index (χ0v) is 15.9. The maximum atomic E-state index is 12.3. The number of hydrogen-bond acceptors (Lipinski definition) is 2. The van der Waals surface area contributed by atoms with Gasteiger partial charge >= 0.3 is 0 Å². The fourth-order valence-corrected chi connectivity index (χ4v) is 3.95. The minimum absolute atomic E-state index is 0.00796. The molecule has 2 atom stereocenters. The van der Waals surface area contributed by atoms with E-state index in [1.54, 1.807) is 6.92 Å². The lowest BCUT2D eigenvalue weighted by Gasteiger charge is -2.37. The fraction of sp³-hybridized carbons (Fsp3) is 0.409. The summed E-state index contributed by atoms with van der Waals surface area (Å²) in [5.74, 6) is 0.0929. The van der Waals surface area contributed by atoms with Crippen molar-refractivity contribution < 1.29 is 4.79 Å². The second kappa shape index (κ2) is 6.55. The number of hydrogen-bond donors (Lipinski definition) is 0. The van der Waals surface area contributed by atoms with Gasteiger partial charge < -0.3 is 4.90 Å². The van der Waals surface area contributed by atoms with Gasteiger partial charge in [0, 0.05) is 25.4 Å². The third kappa shape index (κ3) is 2.92. The summed E-state index contributed by atoms with van der Waals surface area (Å²) in [6, 6.07) is 8.60. The molecule has 132 valence electrons. The molecule has 2 aliphatic heterocycles. The number of carbonyl (C=O) groups is 1. The van der Waals surface area contributed by atoms with Crippen LogP contribution < -0.4 is 4.90 Å². The van der Waals surface area contributed by atoms with Gasteiger partial charge in [0.15, 0.2) is 0 Å². The molecule has 3 heteroatoms. The van der Waals surface area contributed by atoms with Crippen LogP contribution in [0.25, 0.3) is 0 Å². The average molecular weight is 336 g/mol. The molecule has 25 heavy (non-hydrogen) atoms. The molecule has 2 heterocycles. The molecule has 0 N–H and O–H groups in total. The average Bonchev–Trinajstić information content (AvgIpc) is 3.05. The van der Waals surface area contributed by atoms with Crippen molar-refractivity contribution in [2.75, 3.05) is 11.4 Å². The van der Waals surface area contributed by atoms with Crippen LogP contribution in [0, 0.1) is 0 Å². The van der Waals surface area contributed by atoms with E-state index in [2.05, 4.69) is 75.1 Å². The van der Waals surface area contributed by atoms with Gasteiger partial charge in [-0.05, 0) is 45.7 Å². The number of benzene rings is 1. The largest absolute Gasteiger partial charge is 0.346 e. The highest BCUT2D eigenvalue weighted by molar-refractivity contribution is 5.79. The smallest absolute Gasteiger partial charge is 0.225 e. The van der Waals surface area contributed by atoms with Crippen LogP contribution in [0.2, 0.25) is 0 Å². The molecule has 2 aliphatic rings. The van der Waals surface area contributed by atoms with Crippen LogP contribution >= 0.6 is 0 Å². The molecule has 0 spiro atoms. The Balaban J connectivity index is 2.14. The minimum atomic E-state index is -0.172. The van der Waals surface area contributed by atoms with E-state index in [0.717, 1.165) is 13.0 Å². The van der Waals surface area contributed by atoms with Gasteiger partial charge in [-0.15, -0.1) is 0 Å². The highest BCUT2D eigenvalue weighted by Crippen LogP contribution is 2.52. The molecule has 1 aromatic rings. The lowest BCUT2D eigenvalue weighted by atomic mass is 9.77. The third-order valence-electron chi connectivity index (χ3n) is 5.17. The molecule has 0 saturated carbocycles. The Morgan fingerprint density at radius 1 is 1.08 bits per heavy atom. The number of fused-ring (bicyclic) bond motifs is 3. The van der Waals surface area contributed by atoms with Crippen molar-refractivity contribution in [1.82, 2.24) is 4.90 Å². The summed E-state index contributed by atoms with van der Waals surface area (Å²) in [4.78, 5) is 16.6. The summed E-state index contributed by atoms with van der Waals surface area (Å²) in [6.07, 6.45) is 9.67. The quantitative estimate of drug-likeness (QED) is 0.740. The van der Waals surface area contributed by atoms with Crippen molar-refractivity contribution in [3.63, 3.8) is 0 Å². The summed E-state index contributed by atoms with van der Waals surface area (Å²) in [6.45, 7) is 11.0. The molecule has 0 bridgehead atoms. The summed E-state index contributed by atoms with van der Waals surface area (Å²) < 4.78 is 0. The van der Waals surface area contributed by atoms with Gasteiger partial charge in [-0.2, -0.15) is 0 Å².